The predicted octanol–water partition coefficient (Wildman–Crippen LogP) is 3.43. The van der Waals surface area contributed by atoms with Gasteiger partial charge in [-0.3, -0.25) is 4.79 Å². The van der Waals surface area contributed by atoms with Gasteiger partial charge in [-0.2, -0.15) is 0 Å². The van der Waals surface area contributed by atoms with E-state index in [0.29, 0.717) is 39.2 Å². The molecule has 0 saturated carbocycles. The number of amides is 1. The second kappa shape index (κ2) is 7.63. The zero-order valence-corrected chi connectivity index (χ0v) is 18.0. The predicted molar refractivity (Wildman–Crippen MR) is 120 cm³/mol. The molecule has 0 aliphatic carbocycles. The van der Waals surface area contributed by atoms with E-state index in [2.05, 4.69) is 9.97 Å². The number of rotatable bonds is 3. The molecule has 0 spiro atoms. The van der Waals surface area contributed by atoms with Crippen molar-refractivity contribution in [1.82, 2.24) is 14.5 Å². The number of aliphatic hydroxyl groups excluding tert-OH is 1. The van der Waals surface area contributed by atoms with Crippen molar-refractivity contribution in [3.8, 4) is 11.1 Å². The first-order valence-corrected chi connectivity index (χ1v) is 10.4. The van der Waals surface area contributed by atoms with Crippen molar-refractivity contribution in [2.75, 3.05) is 17.2 Å². The first kappa shape index (κ1) is 21.0. The molecular weight excluding hydrogens is 428 g/mol. The largest absolute Gasteiger partial charge is 0.383 e. The molecule has 2 aromatic heterocycles. The molecule has 1 unspecified atom stereocenters. The highest BCUT2D eigenvalue weighted by Crippen LogP contribution is 2.40. The SMILES string of the molecule is Cc1nc(N)c2c(-c3ccc4c(c3F)CCN4C(=O)C(O)c3cccc(F)c3)cn(C)c2n1. The van der Waals surface area contributed by atoms with Crippen LogP contribution in [0, 0.1) is 18.6 Å². The maximum absolute atomic E-state index is 15.7. The van der Waals surface area contributed by atoms with Crippen LogP contribution in [0.25, 0.3) is 22.2 Å². The Morgan fingerprint density at radius 3 is 2.73 bits per heavy atom. The van der Waals surface area contributed by atoms with E-state index in [0.717, 1.165) is 6.07 Å². The van der Waals surface area contributed by atoms with E-state index in [-0.39, 0.29) is 24.3 Å². The molecule has 33 heavy (non-hydrogen) atoms. The van der Waals surface area contributed by atoms with Crippen LogP contribution < -0.4 is 10.6 Å². The van der Waals surface area contributed by atoms with Crippen LogP contribution in [0.3, 0.4) is 0 Å². The lowest BCUT2D eigenvalue weighted by molar-refractivity contribution is -0.126. The van der Waals surface area contributed by atoms with E-state index in [1.807, 2.05) is 0 Å². The van der Waals surface area contributed by atoms with Crippen molar-refractivity contribution in [3.05, 3.63) is 71.2 Å². The molecule has 0 fully saturated rings. The molecular formula is C24H21F2N5O2. The maximum Gasteiger partial charge on any atom is 0.260 e. The van der Waals surface area contributed by atoms with Crippen LogP contribution in [-0.2, 0) is 18.3 Å². The van der Waals surface area contributed by atoms with Gasteiger partial charge in [0.1, 0.15) is 28.9 Å². The minimum atomic E-state index is -1.55. The highest BCUT2D eigenvalue weighted by atomic mass is 19.1. The second-order valence-electron chi connectivity index (χ2n) is 8.13. The summed E-state index contributed by atoms with van der Waals surface area (Å²) in [6.07, 6.45) is 0.491. The lowest BCUT2D eigenvalue weighted by Gasteiger charge is -2.21. The van der Waals surface area contributed by atoms with Crippen LogP contribution in [0.2, 0.25) is 0 Å². The van der Waals surface area contributed by atoms with Gasteiger partial charge in [0, 0.05) is 42.2 Å². The van der Waals surface area contributed by atoms with Gasteiger partial charge >= 0.3 is 0 Å². The highest BCUT2D eigenvalue weighted by molar-refractivity contribution is 6.02. The lowest BCUT2D eigenvalue weighted by atomic mass is 10.0. The summed E-state index contributed by atoms with van der Waals surface area (Å²) in [7, 11) is 1.80. The molecule has 168 valence electrons. The van der Waals surface area contributed by atoms with Crippen molar-refractivity contribution in [3.63, 3.8) is 0 Å². The summed E-state index contributed by atoms with van der Waals surface area (Å²) in [4.78, 5) is 22.9. The molecule has 0 radical (unpaired) electrons. The van der Waals surface area contributed by atoms with E-state index in [4.69, 9.17) is 5.73 Å². The van der Waals surface area contributed by atoms with E-state index < -0.39 is 23.6 Å². The van der Waals surface area contributed by atoms with Crippen LogP contribution in [-0.4, -0.2) is 32.1 Å². The van der Waals surface area contributed by atoms with Gasteiger partial charge in [0.05, 0.1) is 5.39 Å². The van der Waals surface area contributed by atoms with Crippen molar-refractivity contribution < 1.29 is 18.7 Å². The zero-order valence-electron chi connectivity index (χ0n) is 18.0. The Morgan fingerprint density at radius 2 is 1.97 bits per heavy atom. The second-order valence-corrected chi connectivity index (χ2v) is 8.13. The molecule has 1 aliphatic rings. The van der Waals surface area contributed by atoms with Crippen LogP contribution >= 0.6 is 0 Å². The Hall–Kier alpha value is -3.85. The van der Waals surface area contributed by atoms with Crippen LogP contribution in [0.1, 0.15) is 23.1 Å². The average Bonchev–Trinajstić information content (AvgIpc) is 3.35. The highest BCUT2D eigenvalue weighted by Gasteiger charge is 2.33. The van der Waals surface area contributed by atoms with Crippen molar-refractivity contribution in [2.45, 2.75) is 19.4 Å². The van der Waals surface area contributed by atoms with E-state index in [9.17, 15) is 14.3 Å². The normalized spacial score (nSPS) is 14.0. The van der Waals surface area contributed by atoms with Crippen molar-refractivity contribution in [1.29, 1.82) is 0 Å². The molecule has 0 saturated heterocycles. The van der Waals surface area contributed by atoms with Gasteiger partial charge in [0.15, 0.2) is 6.10 Å². The third-order valence-electron chi connectivity index (χ3n) is 6.01. The number of aromatic nitrogens is 3. The van der Waals surface area contributed by atoms with Crippen LogP contribution in [0.4, 0.5) is 20.3 Å². The van der Waals surface area contributed by atoms with Gasteiger partial charge < -0.3 is 20.3 Å². The van der Waals surface area contributed by atoms with Crippen molar-refractivity contribution >= 4 is 28.4 Å². The summed E-state index contributed by atoms with van der Waals surface area (Å²) in [5.74, 6) is -0.859. The molecule has 5 rings (SSSR count). The fourth-order valence-corrected chi connectivity index (χ4v) is 4.47. The van der Waals surface area contributed by atoms with Crippen molar-refractivity contribution in [2.24, 2.45) is 7.05 Å². The monoisotopic (exact) mass is 449 g/mol. The molecule has 9 heteroatoms. The quantitative estimate of drug-likeness (QED) is 0.500. The third-order valence-corrected chi connectivity index (χ3v) is 6.01. The molecule has 1 aliphatic heterocycles. The number of carbonyl (C=O) groups excluding carboxylic acids is 1. The molecule has 3 heterocycles. The van der Waals surface area contributed by atoms with Crippen LogP contribution in [0.5, 0.6) is 0 Å². The number of nitrogen functional groups attached to an aromatic ring is 1. The van der Waals surface area contributed by atoms with E-state index >= 15 is 4.39 Å². The molecule has 2 aromatic carbocycles. The van der Waals surface area contributed by atoms with E-state index in [1.54, 1.807) is 36.9 Å². The molecule has 7 nitrogen and oxygen atoms in total. The first-order valence-electron chi connectivity index (χ1n) is 10.4. The number of aliphatic hydroxyl groups is 1. The van der Waals surface area contributed by atoms with Gasteiger partial charge in [-0.1, -0.05) is 12.1 Å². The minimum Gasteiger partial charge on any atom is -0.383 e. The van der Waals surface area contributed by atoms with Gasteiger partial charge in [-0.05, 0) is 43.2 Å². The molecule has 1 amide bonds. The number of halogens is 2. The fraction of sp³-hybridized carbons (Fsp3) is 0.208. The Bertz CT molecular complexity index is 1430. The van der Waals surface area contributed by atoms with Crippen LogP contribution in [0.15, 0.2) is 42.6 Å². The van der Waals surface area contributed by atoms with Gasteiger partial charge in [-0.25, -0.2) is 18.7 Å². The average molecular weight is 449 g/mol. The summed E-state index contributed by atoms with van der Waals surface area (Å²) in [6.45, 7) is 1.95. The molecule has 4 aromatic rings. The number of fused-ring (bicyclic) bond motifs is 2. The minimum absolute atomic E-state index is 0.145. The Labute approximate surface area is 188 Å². The number of nitrogens with two attached hydrogens (primary N) is 1. The Morgan fingerprint density at radius 1 is 1.18 bits per heavy atom. The summed E-state index contributed by atoms with van der Waals surface area (Å²) < 4.78 is 31.0. The number of benzene rings is 2. The molecule has 3 N–H and O–H groups in total. The smallest absolute Gasteiger partial charge is 0.260 e. The fourth-order valence-electron chi connectivity index (χ4n) is 4.47. The molecule has 0 bridgehead atoms. The number of anilines is 2. The number of hydrogen-bond donors (Lipinski definition) is 2. The number of carbonyl (C=O) groups is 1. The third kappa shape index (κ3) is 3.32. The van der Waals surface area contributed by atoms with Gasteiger partial charge in [0.25, 0.3) is 5.91 Å². The van der Waals surface area contributed by atoms with Gasteiger partial charge in [-0.15, -0.1) is 0 Å². The summed E-state index contributed by atoms with van der Waals surface area (Å²) >= 11 is 0. The Balaban J connectivity index is 1.55. The molecule has 1 atom stereocenters. The zero-order chi connectivity index (χ0) is 23.4. The maximum atomic E-state index is 15.7. The number of aryl methyl sites for hydroxylation is 2. The first-order chi connectivity index (χ1) is 15.8. The lowest BCUT2D eigenvalue weighted by Crippen LogP contribution is -2.33. The standard InChI is InChI=1S/C24H21F2N5O2/c1-12-28-22(27)19-17(11-30(2)23(19)29-12)15-6-7-18-16(20(15)26)8-9-31(18)24(33)21(32)13-4-3-5-14(25)10-13/h3-7,10-11,21,32H,8-9H2,1-2H3,(H2,27,28,29). The number of hydrogen-bond acceptors (Lipinski definition) is 5. The number of nitrogens with zero attached hydrogens (tertiary/aromatic N) is 4. The Kier molecular flexibility index (Phi) is 4.86. The topological polar surface area (TPSA) is 97.3 Å². The van der Waals surface area contributed by atoms with E-state index in [1.165, 1.54) is 23.1 Å². The summed E-state index contributed by atoms with van der Waals surface area (Å²) in [5, 5.41) is 11.1. The summed E-state index contributed by atoms with van der Waals surface area (Å²) in [5.41, 5.74) is 8.54. The van der Waals surface area contributed by atoms with Gasteiger partial charge in [0.2, 0.25) is 0 Å². The summed E-state index contributed by atoms with van der Waals surface area (Å²) in [6, 6.07) is 8.48.